The van der Waals surface area contributed by atoms with Gasteiger partial charge in [0.15, 0.2) is 5.41 Å². The molecular formula is C22H30N2O7. The summed E-state index contributed by atoms with van der Waals surface area (Å²) in [4.78, 5) is 50.3. The van der Waals surface area contributed by atoms with Gasteiger partial charge in [0, 0.05) is 19.5 Å². The summed E-state index contributed by atoms with van der Waals surface area (Å²) in [7, 11) is 1.41. The number of benzene rings is 1. The lowest BCUT2D eigenvalue weighted by molar-refractivity contribution is -0.384. The monoisotopic (exact) mass is 434 g/mol. The molecule has 0 aliphatic heterocycles. The average molecular weight is 434 g/mol. The Kier molecular flexibility index (Phi) is 9.85. The molecule has 0 bridgehead atoms. The number of amides is 1. The fourth-order valence-electron chi connectivity index (χ4n) is 3.00. The second-order valence-electron chi connectivity index (χ2n) is 7.21. The first-order chi connectivity index (χ1) is 14.6. The molecule has 9 heteroatoms. The van der Waals surface area contributed by atoms with E-state index in [0.29, 0.717) is 0 Å². The molecule has 170 valence electrons. The summed E-state index contributed by atoms with van der Waals surface area (Å²) >= 11 is 0. The molecule has 1 rings (SSSR count). The van der Waals surface area contributed by atoms with Crippen LogP contribution in [0.1, 0.15) is 47.0 Å². The van der Waals surface area contributed by atoms with Crippen LogP contribution in [0.4, 0.5) is 11.4 Å². The predicted molar refractivity (Wildman–Crippen MR) is 115 cm³/mol. The maximum atomic E-state index is 12.8. The molecule has 1 amide bonds. The van der Waals surface area contributed by atoms with Crippen molar-refractivity contribution in [3.63, 3.8) is 0 Å². The second kappa shape index (κ2) is 11.8. The van der Waals surface area contributed by atoms with Gasteiger partial charge in [0.2, 0.25) is 5.91 Å². The van der Waals surface area contributed by atoms with Crippen LogP contribution < -0.4 is 4.90 Å². The highest BCUT2D eigenvalue weighted by atomic mass is 16.6. The molecule has 0 fully saturated rings. The summed E-state index contributed by atoms with van der Waals surface area (Å²) in [6, 6.07) is 5.85. The van der Waals surface area contributed by atoms with E-state index in [9.17, 15) is 24.5 Å². The molecule has 9 nitrogen and oxygen atoms in total. The van der Waals surface area contributed by atoms with Crippen molar-refractivity contribution in [1.29, 1.82) is 0 Å². The molecule has 0 N–H and O–H groups in total. The molecule has 0 spiro atoms. The van der Waals surface area contributed by atoms with Crippen LogP contribution in [0, 0.1) is 15.5 Å². The van der Waals surface area contributed by atoms with Gasteiger partial charge < -0.3 is 14.4 Å². The van der Waals surface area contributed by atoms with Gasteiger partial charge in [0.25, 0.3) is 5.69 Å². The van der Waals surface area contributed by atoms with E-state index in [1.807, 2.05) is 13.8 Å². The molecule has 0 unspecified atom stereocenters. The van der Waals surface area contributed by atoms with Crippen molar-refractivity contribution >= 4 is 29.2 Å². The van der Waals surface area contributed by atoms with Crippen LogP contribution in [-0.4, -0.2) is 43.0 Å². The first-order valence-corrected chi connectivity index (χ1v) is 10.1. The Hall–Kier alpha value is -3.23. The first-order valence-electron chi connectivity index (χ1n) is 10.1. The van der Waals surface area contributed by atoms with Gasteiger partial charge in [-0.15, -0.1) is 0 Å². The number of nitro benzene ring substituents is 1. The van der Waals surface area contributed by atoms with E-state index >= 15 is 0 Å². The van der Waals surface area contributed by atoms with Crippen LogP contribution >= 0.6 is 0 Å². The van der Waals surface area contributed by atoms with E-state index in [1.165, 1.54) is 25.2 Å². The number of allylic oxidation sites excluding steroid dienone is 2. The summed E-state index contributed by atoms with van der Waals surface area (Å²) in [6.07, 6.45) is 1.38. The minimum absolute atomic E-state index is 0.0233. The van der Waals surface area contributed by atoms with Crippen molar-refractivity contribution in [3.8, 4) is 0 Å². The Balaban J connectivity index is 3.23. The van der Waals surface area contributed by atoms with Gasteiger partial charge in [-0.05, 0) is 46.6 Å². The van der Waals surface area contributed by atoms with E-state index in [2.05, 4.69) is 0 Å². The highest BCUT2D eigenvalue weighted by molar-refractivity contribution is 6.01. The van der Waals surface area contributed by atoms with Gasteiger partial charge in [0.1, 0.15) is 5.69 Å². The Morgan fingerprint density at radius 2 is 1.65 bits per heavy atom. The van der Waals surface area contributed by atoms with E-state index < -0.39 is 28.2 Å². The molecule has 0 aliphatic rings. The molecule has 0 heterocycles. The van der Waals surface area contributed by atoms with E-state index in [-0.39, 0.29) is 43.9 Å². The van der Waals surface area contributed by atoms with Gasteiger partial charge in [-0.3, -0.25) is 24.5 Å². The molecule has 0 radical (unpaired) electrons. The minimum Gasteiger partial charge on any atom is -0.465 e. The Bertz CT molecular complexity index is 826. The summed E-state index contributed by atoms with van der Waals surface area (Å²) < 4.78 is 10.3. The number of hydrogen-bond donors (Lipinski definition) is 0. The van der Waals surface area contributed by atoms with Crippen molar-refractivity contribution in [2.45, 2.75) is 47.0 Å². The zero-order chi connectivity index (χ0) is 23.6. The topological polar surface area (TPSA) is 116 Å². The second-order valence-corrected chi connectivity index (χ2v) is 7.21. The normalized spacial score (nSPS) is 10.7. The molecule has 1 aromatic rings. The number of esters is 2. The number of carbonyl (C=O) groups excluding carboxylic acids is 3. The number of para-hydroxylation sites is 2. The van der Waals surface area contributed by atoms with Crippen molar-refractivity contribution in [2.24, 2.45) is 5.41 Å². The van der Waals surface area contributed by atoms with Gasteiger partial charge in [-0.1, -0.05) is 23.8 Å². The van der Waals surface area contributed by atoms with Gasteiger partial charge in [-0.2, -0.15) is 0 Å². The van der Waals surface area contributed by atoms with Gasteiger partial charge in [-0.25, -0.2) is 0 Å². The summed E-state index contributed by atoms with van der Waals surface area (Å²) in [5.74, 6) is -2.00. The van der Waals surface area contributed by atoms with Crippen LogP contribution in [0.3, 0.4) is 0 Å². The van der Waals surface area contributed by atoms with Gasteiger partial charge in [0.05, 0.1) is 18.1 Å². The van der Waals surface area contributed by atoms with Crippen LogP contribution in [0.2, 0.25) is 0 Å². The smallest absolute Gasteiger partial charge is 0.323 e. The molecule has 0 saturated carbocycles. The highest BCUT2D eigenvalue weighted by Crippen LogP contribution is 2.35. The lowest BCUT2D eigenvalue weighted by atomic mass is 9.79. The van der Waals surface area contributed by atoms with Crippen LogP contribution in [0.25, 0.3) is 0 Å². The van der Waals surface area contributed by atoms with Gasteiger partial charge >= 0.3 is 11.9 Å². The van der Waals surface area contributed by atoms with Crippen LogP contribution in [-0.2, 0) is 23.9 Å². The van der Waals surface area contributed by atoms with Crippen molar-refractivity contribution in [3.05, 3.63) is 46.0 Å². The fourth-order valence-corrected chi connectivity index (χ4v) is 3.00. The fraction of sp³-hybridized carbons (Fsp3) is 0.500. The number of hydrogen-bond acceptors (Lipinski definition) is 7. The Morgan fingerprint density at radius 1 is 1.10 bits per heavy atom. The summed E-state index contributed by atoms with van der Waals surface area (Å²) in [5.41, 5.74) is -0.881. The quantitative estimate of drug-likeness (QED) is 0.171. The number of nitro groups is 1. The third-order valence-corrected chi connectivity index (χ3v) is 4.77. The Morgan fingerprint density at radius 3 is 2.13 bits per heavy atom. The van der Waals surface area contributed by atoms with Crippen molar-refractivity contribution < 1.29 is 28.8 Å². The summed E-state index contributed by atoms with van der Waals surface area (Å²) in [6.45, 7) is 7.05. The number of anilines is 1. The van der Waals surface area contributed by atoms with E-state index in [4.69, 9.17) is 9.47 Å². The number of ether oxygens (including phenoxy) is 2. The standard InChI is InChI=1S/C22H30N2O7/c1-6-30-20(26)22(14-12-16(3)4,21(27)31-7-2)15-13-19(25)23(5)17-10-8-9-11-18(17)24(28)29/h8-12H,6-7,13-15H2,1-5H3. The number of nitrogens with zero attached hydrogens (tertiary/aromatic N) is 2. The molecule has 0 atom stereocenters. The van der Waals surface area contributed by atoms with E-state index in [1.54, 1.807) is 26.0 Å². The van der Waals surface area contributed by atoms with Crippen LogP contribution in [0.15, 0.2) is 35.9 Å². The molecule has 31 heavy (non-hydrogen) atoms. The minimum atomic E-state index is -1.68. The zero-order valence-corrected chi connectivity index (χ0v) is 18.7. The first kappa shape index (κ1) is 25.8. The van der Waals surface area contributed by atoms with E-state index in [0.717, 1.165) is 10.5 Å². The largest absolute Gasteiger partial charge is 0.465 e. The molecular weight excluding hydrogens is 404 g/mol. The van der Waals surface area contributed by atoms with Crippen molar-refractivity contribution in [2.75, 3.05) is 25.2 Å². The van der Waals surface area contributed by atoms with Crippen molar-refractivity contribution in [1.82, 2.24) is 0 Å². The molecule has 1 aromatic carbocycles. The third kappa shape index (κ3) is 6.63. The zero-order valence-electron chi connectivity index (χ0n) is 18.7. The predicted octanol–water partition coefficient (Wildman–Crippen LogP) is 3.81. The molecule has 0 aliphatic carbocycles. The lowest BCUT2D eigenvalue weighted by Gasteiger charge is -2.29. The lowest BCUT2D eigenvalue weighted by Crippen LogP contribution is -2.43. The number of carbonyl (C=O) groups is 3. The summed E-state index contributed by atoms with van der Waals surface area (Å²) in [5, 5.41) is 11.3. The Labute approximate surface area is 182 Å². The SMILES string of the molecule is CCOC(=O)C(CC=C(C)C)(CCC(=O)N(C)c1ccccc1[N+](=O)[O-])C(=O)OCC. The molecule has 0 saturated heterocycles. The molecule has 0 aromatic heterocycles. The maximum absolute atomic E-state index is 12.8. The highest BCUT2D eigenvalue weighted by Gasteiger charge is 2.48. The average Bonchev–Trinajstić information content (AvgIpc) is 2.73. The maximum Gasteiger partial charge on any atom is 0.323 e. The van der Waals surface area contributed by atoms with Crippen LogP contribution in [0.5, 0.6) is 0 Å². The third-order valence-electron chi connectivity index (χ3n) is 4.77. The number of rotatable bonds is 11.